The number of anilines is 1. The van der Waals surface area contributed by atoms with E-state index in [1.807, 2.05) is 0 Å². The van der Waals surface area contributed by atoms with Crippen LogP contribution in [-0.2, 0) is 16.1 Å². The van der Waals surface area contributed by atoms with E-state index in [1.165, 1.54) is 30.1 Å². The second kappa shape index (κ2) is 12.0. The molecule has 0 radical (unpaired) electrons. The number of benzene rings is 1. The number of rotatable bonds is 9. The Balaban J connectivity index is 1.61. The maximum Gasteiger partial charge on any atom is 0.256 e. The minimum absolute atomic E-state index is 0.0458. The number of aliphatic hydroxyl groups excluding tert-OH is 2. The van der Waals surface area contributed by atoms with E-state index in [0.29, 0.717) is 5.69 Å². The molecule has 1 aromatic carbocycles. The summed E-state index contributed by atoms with van der Waals surface area (Å²) in [5.41, 5.74) is 0.514. The number of nitrogens with one attached hydrogen (secondary N) is 2. The highest BCUT2D eigenvalue weighted by Crippen LogP contribution is 2.27. The third-order valence-electron chi connectivity index (χ3n) is 5.34. The number of piperazine rings is 1. The second-order valence-corrected chi connectivity index (χ2v) is 7.94. The lowest BCUT2D eigenvalue weighted by Gasteiger charge is -2.36. The molecule has 14 heteroatoms. The van der Waals surface area contributed by atoms with Crippen molar-refractivity contribution < 1.29 is 28.5 Å². The lowest BCUT2D eigenvalue weighted by Crippen LogP contribution is -2.52. The fraction of sp³-hybridized carbons (Fsp3) is 0.500. The number of nitrogens with zero attached hydrogens (tertiary/aromatic N) is 5. The van der Waals surface area contributed by atoms with Crippen LogP contribution in [-0.4, -0.2) is 100 Å². The molecule has 0 bridgehead atoms. The minimum Gasteiger partial charge on any atom is -0.474 e. The largest absolute Gasteiger partial charge is 0.474 e. The summed E-state index contributed by atoms with van der Waals surface area (Å²) in [6.07, 6.45) is 1.52. The number of amides is 1. The SMILES string of the molecule is COC(=S)NCc1cn(-c2cc(F)c(N3CCN(C(=O)CNC(CO)CO)CC3)c(F)c2)nn1. The van der Waals surface area contributed by atoms with Crippen molar-refractivity contribution in [1.29, 1.82) is 0 Å². The second-order valence-electron chi connectivity index (χ2n) is 7.57. The maximum atomic E-state index is 14.9. The predicted molar refractivity (Wildman–Crippen MR) is 122 cm³/mol. The van der Waals surface area contributed by atoms with E-state index in [2.05, 4.69) is 20.9 Å². The first kappa shape index (κ1) is 25.7. The Kier molecular flexibility index (Phi) is 9.04. The van der Waals surface area contributed by atoms with Crippen LogP contribution in [0.2, 0.25) is 0 Å². The molecule has 1 amide bonds. The molecule has 2 heterocycles. The minimum atomic E-state index is -0.749. The molecule has 0 atom stereocenters. The highest BCUT2D eigenvalue weighted by atomic mass is 32.1. The normalized spacial score (nSPS) is 13.9. The quantitative estimate of drug-likeness (QED) is 0.324. The first-order chi connectivity index (χ1) is 16.4. The third kappa shape index (κ3) is 6.34. The van der Waals surface area contributed by atoms with E-state index in [9.17, 15) is 13.6 Å². The van der Waals surface area contributed by atoms with Crippen LogP contribution in [0.15, 0.2) is 18.3 Å². The van der Waals surface area contributed by atoms with Crippen molar-refractivity contribution in [3.8, 4) is 5.69 Å². The van der Waals surface area contributed by atoms with E-state index in [0.717, 1.165) is 0 Å². The fourth-order valence-corrected chi connectivity index (χ4v) is 3.51. The van der Waals surface area contributed by atoms with Crippen LogP contribution in [0.4, 0.5) is 14.5 Å². The first-order valence-electron chi connectivity index (χ1n) is 10.6. The molecule has 0 saturated carbocycles. The van der Waals surface area contributed by atoms with Gasteiger partial charge in [-0.05, 0) is 12.2 Å². The molecule has 1 fully saturated rings. The van der Waals surface area contributed by atoms with Gasteiger partial charge in [0.1, 0.15) is 11.4 Å². The average molecular weight is 500 g/mol. The number of thiocarbonyl (C=S) groups is 1. The van der Waals surface area contributed by atoms with Gasteiger partial charge in [-0.25, -0.2) is 13.5 Å². The summed E-state index contributed by atoms with van der Waals surface area (Å²) in [5, 5.41) is 31.7. The third-order valence-corrected chi connectivity index (χ3v) is 5.65. The van der Waals surface area contributed by atoms with Gasteiger partial charge in [0.15, 0.2) is 11.6 Å². The van der Waals surface area contributed by atoms with Crippen molar-refractivity contribution >= 4 is 29.0 Å². The predicted octanol–water partition coefficient (Wildman–Crippen LogP) is -0.842. The Morgan fingerprint density at radius 1 is 1.21 bits per heavy atom. The van der Waals surface area contributed by atoms with Crippen LogP contribution < -0.4 is 15.5 Å². The summed E-state index contributed by atoms with van der Waals surface area (Å²) in [7, 11) is 1.43. The average Bonchev–Trinajstić information content (AvgIpc) is 3.32. The number of halogens is 2. The van der Waals surface area contributed by atoms with E-state index in [1.54, 1.807) is 9.80 Å². The van der Waals surface area contributed by atoms with Crippen LogP contribution in [0.3, 0.4) is 0 Å². The van der Waals surface area contributed by atoms with Gasteiger partial charge in [-0.2, -0.15) is 0 Å². The van der Waals surface area contributed by atoms with Gasteiger partial charge in [0.25, 0.3) is 5.17 Å². The van der Waals surface area contributed by atoms with Gasteiger partial charge >= 0.3 is 0 Å². The number of aromatic nitrogens is 3. The van der Waals surface area contributed by atoms with E-state index < -0.39 is 17.7 Å². The number of carbonyl (C=O) groups excluding carboxylic acids is 1. The number of aliphatic hydroxyl groups is 2. The van der Waals surface area contributed by atoms with Crippen molar-refractivity contribution in [3.05, 3.63) is 35.7 Å². The molecule has 186 valence electrons. The van der Waals surface area contributed by atoms with Gasteiger partial charge in [0, 0.05) is 38.3 Å². The fourth-order valence-electron chi connectivity index (χ4n) is 3.44. The molecule has 1 saturated heterocycles. The Labute approximate surface area is 200 Å². The monoisotopic (exact) mass is 499 g/mol. The molecule has 1 aliphatic rings. The van der Waals surface area contributed by atoms with Crippen molar-refractivity contribution in [1.82, 2.24) is 30.5 Å². The summed E-state index contributed by atoms with van der Waals surface area (Å²) >= 11 is 4.88. The number of carbonyl (C=O) groups is 1. The zero-order chi connectivity index (χ0) is 24.7. The molecule has 4 N–H and O–H groups in total. The van der Waals surface area contributed by atoms with Crippen LogP contribution in [0.1, 0.15) is 5.69 Å². The van der Waals surface area contributed by atoms with Crippen LogP contribution in [0.5, 0.6) is 0 Å². The van der Waals surface area contributed by atoms with Crippen LogP contribution in [0.25, 0.3) is 5.69 Å². The van der Waals surface area contributed by atoms with Crippen molar-refractivity contribution in [2.24, 2.45) is 0 Å². The summed E-state index contributed by atoms with van der Waals surface area (Å²) in [6.45, 7) is 0.688. The maximum absolute atomic E-state index is 14.9. The zero-order valence-corrected chi connectivity index (χ0v) is 19.4. The molecule has 1 aromatic heterocycles. The molecule has 2 aromatic rings. The molecule has 0 unspecified atom stereocenters. The highest BCUT2D eigenvalue weighted by molar-refractivity contribution is 7.80. The van der Waals surface area contributed by atoms with Crippen molar-refractivity contribution in [3.63, 3.8) is 0 Å². The summed E-state index contributed by atoms with van der Waals surface area (Å²) in [5.74, 6) is -1.72. The van der Waals surface area contributed by atoms with Gasteiger partial charge < -0.3 is 35.4 Å². The Bertz CT molecular complexity index is 974. The number of hydrogen-bond donors (Lipinski definition) is 4. The molecule has 1 aliphatic heterocycles. The summed E-state index contributed by atoms with van der Waals surface area (Å²) in [6, 6.07) is 1.78. The smallest absolute Gasteiger partial charge is 0.256 e. The van der Waals surface area contributed by atoms with Gasteiger partial charge in [0.2, 0.25) is 5.91 Å². The molecular weight excluding hydrogens is 472 g/mol. The number of methoxy groups -OCH3 is 1. The van der Waals surface area contributed by atoms with Gasteiger partial charge in [-0.15, -0.1) is 5.10 Å². The Hall–Kier alpha value is -2.94. The summed E-state index contributed by atoms with van der Waals surface area (Å²) < 4.78 is 35.9. The summed E-state index contributed by atoms with van der Waals surface area (Å²) in [4.78, 5) is 15.4. The van der Waals surface area contributed by atoms with Crippen LogP contribution >= 0.6 is 12.2 Å². The molecule has 3 rings (SSSR count). The van der Waals surface area contributed by atoms with Gasteiger partial charge in [-0.3, -0.25) is 4.79 Å². The lowest BCUT2D eigenvalue weighted by atomic mass is 10.2. The molecule has 0 aliphatic carbocycles. The standard InChI is InChI=1S/C20H27F2N7O4S/c1-33-20(34)24-8-13-10-29(26-25-13)15-6-16(21)19(17(22)7-15)28-4-2-27(3-5-28)18(32)9-23-14(11-30)12-31/h6-7,10,14,23,30-31H,2-5,8-9,11-12H2,1H3,(H,24,34). The molecule has 11 nitrogen and oxygen atoms in total. The van der Waals surface area contributed by atoms with E-state index in [4.69, 9.17) is 27.2 Å². The Morgan fingerprint density at radius 3 is 2.44 bits per heavy atom. The first-order valence-corrected chi connectivity index (χ1v) is 11.0. The lowest BCUT2D eigenvalue weighted by molar-refractivity contribution is -0.130. The molecule has 0 spiro atoms. The van der Waals surface area contributed by atoms with Gasteiger partial charge in [0.05, 0.1) is 51.3 Å². The van der Waals surface area contributed by atoms with E-state index in [-0.39, 0.29) is 74.9 Å². The molecular formula is C20H27F2N7O4S. The topological polar surface area (TPSA) is 128 Å². The van der Waals surface area contributed by atoms with Crippen LogP contribution in [0, 0.1) is 11.6 Å². The zero-order valence-electron chi connectivity index (χ0n) is 18.6. The Morgan fingerprint density at radius 2 is 1.85 bits per heavy atom. The highest BCUT2D eigenvalue weighted by Gasteiger charge is 2.26. The van der Waals surface area contributed by atoms with E-state index >= 15 is 0 Å². The van der Waals surface area contributed by atoms with Crippen molar-refractivity contribution in [2.45, 2.75) is 12.6 Å². The van der Waals surface area contributed by atoms with Gasteiger partial charge in [-0.1, -0.05) is 5.21 Å². The number of hydrogen-bond acceptors (Lipinski definition) is 9. The number of ether oxygens (including phenoxy) is 1. The molecule has 34 heavy (non-hydrogen) atoms. The van der Waals surface area contributed by atoms with Crippen molar-refractivity contribution in [2.75, 3.05) is 57.9 Å².